The van der Waals surface area contributed by atoms with Gasteiger partial charge in [-0.05, 0) is 50.5 Å². The fourth-order valence-electron chi connectivity index (χ4n) is 4.11. The Labute approximate surface area is 214 Å². The van der Waals surface area contributed by atoms with Crippen molar-refractivity contribution in [3.63, 3.8) is 0 Å². The number of nitrogens with zero attached hydrogens (tertiary/aromatic N) is 4. The van der Waals surface area contributed by atoms with Crippen molar-refractivity contribution in [3.05, 3.63) is 76.1 Å². The van der Waals surface area contributed by atoms with E-state index in [1.165, 1.54) is 12.4 Å². The highest BCUT2D eigenvalue weighted by atomic mass is 35.5. The zero-order chi connectivity index (χ0) is 26.3. The molecule has 0 radical (unpaired) electrons. The van der Waals surface area contributed by atoms with E-state index in [1.807, 2.05) is 0 Å². The first kappa shape index (κ1) is 24.9. The number of halogens is 4. The second-order valence-corrected chi connectivity index (χ2v) is 9.23. The molecule has 37 heavy (non-hydrogen) atoms. The molecule has 1 atom stereocenters. The number of rotatable bonds is 5. The summed E-state index contributed by atoms with van der Waals surface area (Å²) in [5, 5.41) is -0.152. The predicted molar refractivity (Wildman–Crippen MR) is 125 cm³/mol. The van der Waals surface area contributed by atoms with E-state index in [1.54, 1.807) is 29.7 Å². The number of aliphatic imine (C=N–C) groups is 1. The molecule has 3 aromatic rings. The highest BCUT2D eigenvalue weighted by molar-refractivity contribution is 6.36. The van der Waals surface area contributed by atoms with Crippen molar-refractivity contribution < 1.29 is 32.5 Å². The van der Waals surface area contributed by atoms with Gasteiger partial charge in [-0.1, -0.05) is 17.7 Å². The zero-order valence-electron chi connectivity index (χ0n) is 19.5. The van der Waals surface area contributed by atoms with Gasteiger partial charge in [0.2, 0.25) is 0 Å². The monoisotopic (exact) mass is 532 g/mol. The Morgan fingerprint density at radius 2 is 1.95 bits per heavy atom. The van der Waals surface area contributed by atoms with Gasteiger partial charge in [-0.2, -0.15) is 13.2 Å². The first-order chi connectivity index (χ1) is 17.6. The van der Waals surface area contributed by atoms with Gasteiger partial charge in [0.1, 0.15) is 11.9 Å². The highest BCUT2D eigenvalue weighted by Gasteiger charge is 2.36. The van der Waals surface area contributed by atoms with Crippen LogP contribution in [0.15, 0.2) is 47.7 Å². The van der Waals surface area contributed by atoms with Gasteiger partial charge in [0.15, 0.2) is 0 Å². The second kappa shape index (κ2) is 9.62. The third-order valence-corrected chi connectivity index (χ3v) is 6.38. The molecule has 2 aromatic heterocycles. The van der Waals surface area contributed by atoms with E-state index in [0.717, 1.165) is 12.1 Å². The molecule has 1 aromatic carbocycles. The topological polar surface area (TPSA) is 95.7 Å². The zero-order valence-corrected chi connectivity index (χ0v) is 20.2. The third-order valence-electron chi connectivity index (χ3n) is 6.08. The molecular weight excluding hydrogens is 513 g/mol. The van der Waals surface area contributed by atoms with Crippen LogP contribution < -0.4 is 0 Å². The van der Waals surface area contributed by atoms with Crippen LogP contribution in [-0.4, -0.2) is 32.2 Å². The average Bonchev–Trinajstić information content (AvgIpc) is 3.66. The molecule has 0 amide bonds. The van der Waals surface area contributed by atoms with Gasteiger partial charge >= 0.3 is 18.1 Å². The van der Waals surface area contributed by atoms with Crippen LogP contribution in [0.2, 0.25) is 5.02 Å². The normalized spacial score (nSPS) is 16.8. The molecule has 2 aliphatic rings. The van der Waals surface area contributed by atoms with Gasteiger partial charge in [0.25, 0.3) is 0 Å². The molecule has 0 unspecified atom stereocenters. The molecule has 8 nitrogen and oxygen atoms in total. The number of alkyl halides is 3. The number of imidazole rings is 1. The van der Waals surface area contributed by atoms with Gasteiger partial charge < -0.3 is 0 Å². The van der Waals surface area contributed by atoms with E-state index in [0.29, 0.717) is 30.1 Å². The van der Waals surface area contributed by atoms with Crippen molar-refractivity contribution in [2.45, 2.75) is 44.8 Å². The smallest absolute Gasteiger partial charge is 0.298 e. The Balaban J connectivity index is 1.56. The Hall–Kier alpha value is -3.73. The molecule has 0 N–H and O–H groups in total. The fourth-order valence-corrected chi connectivity index (χ4v) is 4.41. The minimum atomic E-state index is -4.64. The van der Waals surface area contributed by atoms with Crippen LogP contribution >= 0.6 is 11.6 Å². The summed E-state index contributed by atoms with van der Waals surface area (Å²) >= 11 is 6.47. The molecule has 1 saturated carbocycles. The van der Waals surface area contributed by atoms with Crippen molar-refractivity contribution in [1.29, 1.82) is 0 Å². The molecule has 12 heteroatoms. The number of fused-ring (bicyclic) bond motifs is 3. The van der Waals surface area contributed by atoms with Gasteiger partial charge in [-0.3, -0.25) is 14.5 Å². The number of hydrogen-bond acceptors (Lipinski definition) is 7. The van der Waals surface area contributed by atoms with Crippen molar-refractivity contribution in [2.75, 3.05) is 0 Å². The fraction of sp³-hybridized carbons (Fsp3) is 0.320. The van der Waals surface area contributed by atoms with Crippen LogP contribution in [0.3, 0.4) is 0 Å². The van der Waals surface area contributed by atoms with Crippen molar-refractivity contribution in [1.82, 2.24) is 14.5 Å². The first-order valence-electron chi connectivity index (χ1n) is 11.5. The number of aromatic nitrogens is 3. The Morgan fingerprint density at radius 1 is 1.16 bits per heavy atom. The number of hydrogen-bond donors (Lipinski definition) is 0. The summed E-state index contributed by atoms with van der Waals surface area (Å²) < 4.78 is 42.7. The van der Waals surface area contributed by atoms with E-state index in [2.05, 4.69) is 19.7 Å². The number of carbonyl (C=O) groups is 2. The standard InChI is InChI=1S/C25H20ClF3N4O4/c1-13-12-31-23-18(7-8-20(34)36-37-24(35)14-5-6-14)32-22(17-4-2-3-9-30-17)21-16(26)10-15(25(27,28)29)11-19(21)33(13)23/h2-4,9-12,14,18H,5-8H2,1H3/t18-/m0/s1. The van der Waals surface area contributed by atoms with Crippen LogP contribution in [0.4, 0.5) is 13.2 Å². The average molecular weight is 533 g/mol. The lowest BCUT2D eigenvalue weighted by Crippen LogP contribution is -2.14. The summed E-state index contributed by atoms with van der Waals surface area (Å²) in [4.78, 5) is 46.7. The molecule has 1 fully saturated rings. The number of aryl methyl sites for hydroxylation is 1. The predicted octanol–water partition coefficient (Wildman–Crippen LogP) is 5.33. The van der Waals surface area contributed by atoms with E-state index in [9.17, 15) is 22.8 Å². The summed E-state index contributed by atoms with van der Waals surface area (Å²) in [7, 11) is 0. The lowest BCUT2D eigenvalue weighted by atomic mass is 10.0. The van der Waals surface area contributed by atoms with Gasteiger partial charge in [0, 0.05) is 23.7 Å². The third kappa shape index (κ3) is 5.08. The minimum absolute atomic E-state index is 0.0737. The van der Waals surface area contributed by atoms with Crippen LogP contribution in [0.1, 0.15) is 60.1 Å². The Kier molecular flexibility index (Phi) is 6.49. The van der Waals surface area contributed by atoms with Crippen molar-refractivity contribution >= 4 is 29.3 Å². The summed E-state index contributed by atoms with van der Waals surface area (Å²) in [6.45, 7) is 1.70. The van der Waals surface area contributed by atoms with Gasteiger partial charge in [-0.25, -0.2) is 24.3 Å². The minimum Gasteiger partial charge on any atom is -0.298 e. The molecule has 0 saturated heterocycles. The molecule has 3 heterocycles. The van der Waals surface area contributed by atoms with Gasteiger partial charge in [-0.15, -0.1) is 0 Å². The van der Waals surface area contributed by atoms with Crippen molar-refractivity contribution in [2.24, 2.45) is 10.9 Å². The molecule has 1 aliphatic carbocycles. The van der Waals surface area contributed by atoms with E-state index >= 15 is 0 Å². The van der Waals surface area contributed by atoms with E-state index in [-0.39, 0.29) is 40.7 Å². The maximum atomic E-state index is 13.7. The SMILES string of the molecule is Cc1cnc2n1-c1cc(C(F)(F)F)cc(Cl)c1C(c1ccccn1)=N[C@H]2CCC(=O)OOC(=O)C1CC1. The maximum Gasteiger partial charge on any atom is 0.416 e. The van der Waals surface area contributed by atoms with E-state index < -0.39 is 29.7 Å². The largest absolute Gasteiger partial charge is 0.416 e. The summed E-state index contributed by atoms with van der Waals surface area (Å²) in [6, 6.07) is 6.18. The quantitative estimate of drug-likeness (QED) is 0.325. The van der Waals surface area contributed by atoms with Crippen LogP contribution in [0.5, 0.6) is 0 Å². The summed E-state index contributed by atoms with van der Waals surface area (Å²) in [6.07, 6.45) is -0.309. The lowest BCUT2D eigenvalue weighted by Gasteiger charge is -2.18. The maximum absolute atomic E-state index is 13.7. The number of benzene rings is 1. The lowest BCUT2D eigenvalue weighted by molar-refractivity contribution is -0.260. The molecule has 1 aliphatic heterocycles. The van der Waals surface area contributed by atoms with Crippen LogP contribution in [0, 0.1) is 12.8 Å². The van der Waals surface area contributed by atoms with Crippen molar-refractivity contribution in [3.8, 4) is 5.69 Å². The Bertz CT molecular complexity index is 1400. The number of carbonyl (C=O) groups excluding carboxylic acids is 2. The molecule has 0 spiro atoms. The van der Waals surface area contributed by atoms with Crippen LogP contribution in [-0.2, 0) is 25.5 Å². The first-order valence-corrected chi connectivity index (χ1v) is 11.9. The second-order valence-electron chi connectivity index (χ2n) is 8.82. The number of pyridine rings is 1. The molecule has 5 rings (SSSR count). The molecule has 192 valence electrons. The summed E-state index contributed by atoms with van der Waals surface area (Å²) in [5.74, 6) is -1.28. The molecular formula is C25H20ClF3N4O4. The Morgan fingerprint density at radius 3 is 2.62 bits per heavy atom. The van der Waals surface area contributed by atoms with Crippen LogP contribution in [0.25, 0.3) is 5.69 Å². The molecule has 0 bridgehead atoms. The van der Waals surface area contributed by atoms with E-state index in [4.69, 9.17) is 16.6 Å². The summed E-state index contributed by atoms with van der Waals surface area (Å²) in [5.41, 5.74) is 0.694. The van der Waals surface area contributed by atoms with Gasteiger partial charge in [0.05, 0.1) is 40.0 Å². The highest BCUT2D eigenvalue weighted by Crippen LogP contribution is 2.40.